The van der Waals surface area contributed by atoms with E-state index < -0.39 is 5.41 Å². The van der Waals surface area contributed by atoms with E-state index >= 15 is 0 Å². The standard InChI is InChI=1S/C25H20FN3O2/c26-20-7-5-17(6-8-20)14-23(30)25(11-2-12-25)22-10-9-21(16-28-22)29-24(31)19-4-1-3-18(13-19)15-27/h1,3-10,13,16H,2,11-12,14H2,(H,29,31). The normalized spacial score (nSPS) is 14.2. The number of Topliss-reactive ketones (excluding diaryl/α,β-unsaturated/α-hetero) is 1. The number of carbonyl (C=O) groups is 2. The number of pyridine rings is 1. The highest BCUT2D eigenvalue weighted by atomic mass is 19.1. The first-order valence-corrected chi connectivity index (χ1v) is 10.1. The Morgan fingerprint density at radius 2 is 1.87 bits per heavy atom. The molecule has 154 valence electrons. The fourth-order valence-corrected chi connectivity index (χ4v) is 3.85. The third-order valence-electron chi connectivity index (χ3n) is 5.78. The molecule has 0 aliphatic heterocycles. The Bertz CT molecular complexity index is 1160. The molecule has 5 nitrogen and oxygen atoms in total. The SMILES string of the molecule is N#Cc1cccc(C(=O)Nc2ccc(C3(C(=O)Cc4ccc(F)cc4)CCC3)nc2)c1. The number of nitrogens with zero attached hydrogens (tertiary/aromatic N) is 2. The maximum Gasteiger partial charge on any atom is 0.255 e. The minimum absolute atomic E-state index is 0.0722. The Balaban J connectivity index is 1.48. The lowest BCUT2D eigenvalue weighted by Crippen LogP contribution is -2.44. The molecule has 1 saturated carbocycles. The lowest BCUT2D eigenvalue weighted by Gasteiger charge is -2.40. The number of amides is 1. The Hall–Kier alpha value is -3.85. The molecule has 0 saturated heterocycles. The van der Waals surface area contributed by atoms with Gasteiger partial charge in [0.15, 0.2) is 0 Å². The second kappa shape index (κ2) is 8.49. The van der Waals surface area contributed by atoms with E-state index in [0.717, 1.165) is 24.8 Å². The quantitative estimate of drug-likeness (QED) is 0.641. The van der Waals surface area contributed by atoms with Gasteiger partial charge in [0.25, 0.3) is 5.91 Å². The molecule has 6 heteroatoms. The van der Waals surface area contributed by atoms with Gasteiger partial charge in [-0.05, 0) is 60.9 Å². The topological polar surface area (TPSA) is 82.9 Å². The molecule has 0 spiro atoms. The van der Waals surface area contributed by atoms with E-state index in [9.17, 15) is 14.0 Å². The lowest BCUT2D eigenvalue weighted by atomic mass is 9.62. The first-order chi connectivity index (χ1) is 15.0. The highest BCUT2D eigenvalue weighted by Crippen LogP contribution is 2.44. The van der Waals surface area contributed by atoms with Gasteiger partial charge < -0.3 is 5.32 Å². The van der Waals surface area contributed by atoms with Crippen molar-refractivity contribution in [1.82, 2.24) is 4.98 Å². The number of nitrogens with one attached hydrogen (secondary N) is 1. The van der Waals surface area contributed by atoms with E-state index in [-0.39, 0.29) is 23.9 Å². The van der Waals surface area contributed by atoms with Crippen molar-refractivity contribution in [1.29, 1.82) is 5.26 Å². The zero-order valence-electron chi connectivity index (χ0n) is 16.8. The van der Waals surface area contributed by atoms with E-state index in [4.69, 9.17) is 5.26 Å². The summed E-state index contributed by atoms with van der Waals surface area (Å²) in [5, 5.41) is 11.8. The third kappa shape index (κ3) is 4.22. The van der Waals surface area contributed by atoms with E-state index in [2.05, 4.69) is 10.3 Å². The van der Waals surface area contributed by atoms with Gasteiger partial charge in [-0.15, -0.1) is 0 Å². The molecule has 2 aromatic carbocycles. The Morgan fingerprint density at radius 3 is 2.48 bits per heavy atom. The fourth-order valence-electron chi connectivity index (χ4n) is 3.85. The van der Waals surface area contributed by atoms with Crippen LogP contribution < -0.4 is 5.32 Å². The van der Waals surface area contributed by atoms with Crippen LogP contribution in [0.15, 0.2) is 66.9 Å². The smallest absolute Gasteiger partial charge is 0.255 e. The maximum atomic E-state index is 13.1. The van der Waals surface area contributed by atoms with Gasteiger partial charge in [0.05, 0.1) is 34.6 Å². The minimum atomic E-state index is -0.627. The molecule has 0 bridgehead atoms. The van der Waals surface area contributed by atoms with Crippen LogP contribution in [-0.2, 0) is 16.6 Å². The molecule has 1 aromatic heterocycles. The van der Waals surface area contributed by atoms with E-state index in [0.29, 0.717) is 22.5 Å². The number of ketones is 1. The summed E-state index contributed by atoms with van der Waals surface area (Å²) in [5.74, 6) is -0.589. The number of hydrogen-bond acceptors (Lipinski definition) is 4. The minimum Gasteiger partial charge on any atom is -0.321 e. The molecule has 1 aliphatic carbocycles. The molecule has 0 atom stereocenters. The van der Waals surface area contributed by atoms with Gasteiger partial charge in [0.1, 0.15) is 11.6 Å². The summed E-state index contributed by atoms with van der Waals surface area (Å²) in [5.41, 5.74) is 2.15. The van der Waals surface area contributed by atoms with Crippen molar-refractivity contribution in [3.8, 4) is 6.07 Å². The first kappa shape index (κ1) is 20.4. The van der Waals surface area contributed by atoms with E-state index in [1.807, 2.05) is 6.07 Å². The molecule has 1 aliphatic rings. The summed E-state index contributed by atoms with van der Waals surface area (Å²) in [6.07, 6.45) is 4.19. The number of anilines is 1. The fraction of sp³-hybridized carbons (Fsp3) is 0.200. The second-order valence-electron chi connectivity index (χ2n) is 7.74. The molecular weight excluding hydrogens is 393 g/mol. The molecule has 3 aromatic rings. The number of aromatic nitrogens is 1. The van der Waals surface area contributed by atoms with Crippen LogP contribution in [0.25, 0.3) is 0 Å². The summed E-state index contributed by atoms with van der Waals surface area (Å²) < 4.78 is 13.1. The van der Waals surface area contributed by atoms with Crippen molar-refractivity contribution in [3.63, 3.8) is 0 Å². The number of rotatable bonds is 6. The molecular formula is C25H20FN3O2. The van der Waals surface area contributed by atoms with E-state index in [1.165, 1.54) is 18.2 Å². The summed E-state index contributed by atoms with van der Waals surface area (Å²) in [6.45, 7) is 0. The van der Waals surface area contributed by atoms with Crippen LogP contribution in [0.2, 0.25) is 0 Å². The molecule has 0 radical (unpaired) electrons. The third-order valence-corrected chi connectivity index (χ3v) is 5.78. The molecule has 1 heterocycles. The van der Waals surface area contributed by atoms with Gasteiger partial charge in [0, 0.05) is 12.0 Å². The van der Waals surface area contributed by atoms with Gasteiger partial charge in [-0.2, -0.15) is 5.26 Å². The van der Waals surface area contributed by atoms with Gasteiger partial charge in [-0.3, -0.25) is 14.6 Å². The van der Waals surface area contributed by atoms with Crippen molar-refractivity contribution in [2.45, 2.75) is 31.1 Å². The molecule has 1 amide bonds. The monoisotopic (exact) mass is 413 g/mol. The van der Waals surface area contributed by atoms with Crippen molar-refractivity contribution in [2.75, 3.05) is 5.32 Å². The Morgan fingerprint density at radius 1 is 1.10 bits per heavy atom. The van der Waals surface area contributed by atoms with Crippen molar-refractivity contribution < 1.29 is 14.0 Å². The van der Waals surface area contributed by atoms with E-state index in [1.54, 1.807) is 48.7 Å². The summed E-state index contributed by atoms with van der Waals surface area (Å²) in [6, 6.07) is 18.0. The molecule has 31 heavy (non-hydrogen) atoms. The van der Waals surface area contributed by atoms with Crippen LogP contribution >= 0.6 is 0 Å². The molecule has 1 fully saturated rings. The molecule has 4 rings (SSSR count). The van der Waals surface area contributed by atoms with Crippen LogP contribution in [0.5, 0.6) is 0 Å². The summed E-state index contributed by atoms with van der Waals surface area (Å²) in [7, 11) is 0. The lowest BCUT2D eigenvalue weighted by molar-refractivity contribution is -0.127. The van der Waals surface area contributed by atoms with Gasteiger partial charge in [-0.1, -0.05) is 24.6 Å². The summed E-state index contributed by atoms with van der Waals surface area (Å²) >= 11 is 0. The highest BCUT2D eigenvalue weighted by Gasteiger charge is 2.46. The first-order valence-electron chi connectivity index (χ1n) is 10.1. The van der Waals surface area contributed by atoms with Gasteiger partial charge in [-0.25, -0.2) is 4.39 Å². The van der Waals surface area contributed by atoms with Crippen LogP contribution in [0.4, 0.5) is 10.1 Å². The largest absolute Gasteiger partial charge is 0.321 e. The van der Waals surface area contributed by atoms with Gasteiger partial charge >= 0.3 is 0 Å². The average molecular weight is 413 g/mol. The van der Waals surface area contributed by atoms with Gasteiger partial charge in [0.2, 0.25) is 0 Å². The molecule has 1 N–H and O–H groups in total. The predicted octanol–water partition coefficient (Wildman–Crippen LogP) is 4.58. The number of hydrogen-bond donors (Lipinski definition) is 1. The summed E-state index contributed by atoms with van der Waals surface area (Å²) in [4.78, 5) is 30.0. The number of nitriles is 1. The Labute approximate surface area is 179 Å². The maximum absolute atomic E-state index is 13.1. The Kier molecular flexibility index (Phi) is 5.59. The van der Waals surface area contributed by atoms with Crippen LogP contribution in [0.3, 0.4) is 0 Å². The molecule has 0 unspecified atom stereocenters. The predicted molar refractivity (Wildman–Crippen MR) is 114 cm³/mol. The average Bonchev–Trinajstić information content (AvgIpc) is 2.76. The van der Waals surface area contributed by atoms with Crippen LogP contribution in [0, 0.1) is 17.1 Å². The number of benzene rings is 2. The zero-order valence-corrected chi connectivity index (χ0v) is 16.8. The number of halogens is 1. The zero-order chi connectivity index (χ0) is 21.8. The van der Waals surface area contributed by atoms with Crippen molar-refractivity contribution in [3.05, 3.63) is 95.1 Å². The van der Waals surface area contributed by atoms with Crippen LogP contribution in [0.1, 0.15) is 46.4 Å². The van der Waals surface area contributed by atoms with Crippen LogP contribution in [-0.4, -0.2) is 16.7 Å². The van der Waals surface area contributed by atoms with Crippen molar-refractivity contribution in [2.24, 2.45) is 0 Å². The highest BCUT2D eigenvalue weighted by molar-refractivity contribution is 6.04. The van der Waals surface area contributed by atoms with Crippen molar-refractivity contribution >= 4 is 17.4 Å². The number of carbonyl (C=O) groups excluding carboxylic acids is 2. The second-order valence-corrected chi connectivity index (χ2v) is 7.74.